The first kappa shape index (κ1) is 30.3. The number of fused-ring (bicyclic) bond motifs is 1. The first-order chi connectivity index (χ1) is 18.3. The minimum atomic E-state index is -1.13. The smallest absolute Gasteiger partial charge is 0.407 e. The van der Waals surface area contributed by atoms with E-state index in [0.29, 0.717) is 43.6 Å². The Balaban J connectivity index is 2.00. The number of halogens is 1. The zero-order valence-corrected chi connectivity index (χ0v) is 23.9. The Labute approximate surface area is 229 Å². The van der Waals surface area contributed by atoms with Crippen molar-refractivity contribution in [3.8, 4) is 0 Å². The number of imidazole rings is 1. The molecule has 1 saturated heterocycles. The fourth-order valence-electron chi connectivity index (χ4n) is 5.04. The number of carbonyl (C=O) groups is 3. The second-order valence-corrected chi connectivity index (χ2v) is 11.8. The summed E-state index contributed by atoms with van der Waals surface area (Å²) in [5.41, 5.74) is 0.557. The Morgan fingerprint density at radius 1 is 1.23 bits per heavy atom. The Bertz CT molecular complexity index is 1180. The lowest BCUT2D eigenvalue weighted by atomic mass is 9.91. The number of hydrogen-bond acceptors (Lipinski definition) is 5. The summed E-state index contributed by atoms with van der Waals surface area (Å²) in [6.07, 6.45) is 0.652. The van der Waals surface area contributed by atoms with E-state index < -0.39 is 29.4 Å². The van der Waals surface area contributed by atoms with Crippen LogP contribution in [0.15, 0.2) is 18.2 Å². The van der Waals surface area contributed by atoms with Crippen molar-refractivity contribution in [2.45, 2.75) is 72.0 Å². The van der Waals surface area contributed by atoms with E-state index >= 15 is 0 Å². The van der Waals surface area contributed by atoms with E-state index in [4.69, 9.17) is 4.74 Å². The van der Waals surface area contributed by atoms with E-state index in [2.05, 4.69) is 10.3 Å². The summed E-state index contributed by atoms with van der Waals surface area (Å²) in [5.74, 6) is -1.38. The van der Waals surface area contributed by atoms with Crippen LogP contribution >= 0.6 is 0 Å². The normalized spacial score (nSPS) is 18.0. The van der Waals surface area contributed by atoms with Crippen LogP contribution in [0.5, 0.6) is 0 Å². The molecule has 216 valence electrons. The maximum Gasteiger partial charge on any atom is 0.407 e. The Hall–Kier alpha value is -3.21. The summed E-state index contributed by atoms with van der Waals surface area (Å²) in [5, 5.41) is 12.8. The molecule has 39 heavy (non-hydrogen) atoms. The molecular weight excluding hydrogens is 505 g/mol. The molecular formula is C28H42FN5O5. The van der Waals surface area contributed by atoms with E-state index in [1.54, 1.807) is 22.6 Å². The molecule has 10 nitrogen and oxygen atoms in total. The van der Waals surface area contributed by atoms with Crippen molar-refractivity contribution in [1.82, 2.24) is 24.7 Å². The van der Waals surface area contributed by atoms with Crippen LogP contribution in [-0.4, -0.2) is 87.3 Å². The van der Waals surface area contributed by atoms with Gasteiger partial charge in [-0.1, -0.05) is 13.8 Å². The summed E-state index contributed by atoms with van der Waals surface area (Å²) in [6, 6.07) is 3.72. The van der Waals surface area contributed by atoms with Crippen LogP contribution in [0.25, 0.3) is 11.0 Å². The number of methoxy groups -OCH3 is 1. The van der Waals surface area contributed by atoms with E-state index in [0.717, 1.165) is 6.42 Å². The van der Waals surface area contributed by atoms with Crippen molar-refractivity contribution >= 4 is 28.9 Å². The molecule has 1 aromatic carbocycles. The number of carbonyl (C=O) groups excluding carboxylic acids is 2. The lowest BCUT2D eigenvalue weighted by molar-refractivity contribution is -0.128. The Morgan fingerprint density at radius 2 is 1.95 bits per heavy atom. The van der Waals surface area contributed by atoms with E-state index in [-0.39, 0.29) is 36.6 Å². The minimum absolute atomic E-state index is 0.0642. The van der Waals surface area contributed by atoms with Gasteiger partial charge in [0, 0.05) is 45.4 Å². The summed E-state index contributed by atoms with van der Waals surface area (Å²) in [6.45, 7) is 11.1. The molecule has 2 aromatic rings. The van der Waals surface area contributed by atoms with Crippen LogP contribution in [-0.2, 0) is 16.1 Å². The molecule has 11 heteroatoms. The number of ether oxygens (including phenoxy) is 1. The highest BCUT2D eigenvalue weighted by atomic mass is 19.1. The van der Waals surface area contributed by atoms with Crippen LogP contribution in [0.4, 0.5) is 9.18 Å². The van der Waals surface area contributed by atoms with Crippen LogP contribution < -0.4 is 5.32 Å². The third-order valence-electron chi connectivity index (χ3n) is 6.71. The van der Waals surface area contributed by atoms with Gasteiger partial charge in [-0.3, -0.25) is 9.59 Å². The molecule has 1 aliphatic heterocycles. The van der Waals surface area contributed by atoms with Gasteiger partial charge in [-0.15, -0.1) is 0 Å². The SMILES string of the molecule is COCCCCn1c(C(=O)N(CC(C)C)[C@H]2C[C@@H](C(=O)NC(C)(C)C)CN(C(=O)O)C2)nc2ccc(F)cc21. The Kier molecular flexibility index (Phi) is 9.93. The number of unbranched alkanes of at least 4 members (excludes halogenated alkanes) is 1. The number of amides is 3. The van der Waals surface area contributed by atoms with Gasteiger partial charge in [0.15, 0.2) is 5.82 Å². The molecule has 1 fully saturated rings. The quantitative estimate of drug-likeness (QED) is 0.435. The monoisotopic (exact) mass is 547 g/mol. The molecule has 2 N–H and O–H groups in total. The number of aryl methyl sites for hydroxylation is 1. The molecule has 3 rings (SSSR count). The zero-order chi connectivity index (χ0) is 28.9. The van der Waals surface area contributed by atoms with Crippen LogP contribution in [0.2, 0.25) is 0 Å². The van der Waals surface area contributed by atoms with Crippen molar-refractivity contribution < 1.29 is 28.6 Å². The van der Waals surface area contributed by atoms with Gasteiger partial charge in [-0.25, -0.2) is 14.2 Å². The van der Waals surface area contributed by atoms with E-state index in [9.17, 15) is 23.9 Å². The van der Waals surface area contributed by atoms with Crippen molar-refractivity contribution in [2.75, 3.05) is 33.4 Å². The van der Waals surface area contributed by atoms with Crippen LogP contribution in [0.3, 0.4) is 0 Å². The molecule has 0 unspecified atom stereocenters. The number of piperidine rings is 1. The average molecular weight is 548 g/mol. The number of hydrogen-bond donors (Lipinski definition) is 2. The van der Waals surface area contributed by atoms with Gasteiger partial charge in [0.25, 0.3) is 5.91 Å². The third kappa shape index (κ3) is 7.90. The zero-order valence-electron chi connectivity index (χ0n) is 23.9. The highest BCUT2D eigenvalue weighted by molar-refractivity contribution is 5.95. The lowest BCUT2D eigenvalue weighted by Crippen LogP contribution is -2.58. The molecule has 3 amide bonds. The molecule has 0 aliphatic carbocycles. The van der Waals surface area contributed by atoms with Gasteiger partial charge in [-0.05, 0) is 64.2 Å². The molecule has 2 heterocycles. The largest absolute Gasteiger partial charge is 0.465 e. The molecule has 0 spiro atoms. The molecule has 0 radical (unpaired) electrons. The van der Waals surface area contributed by atoms with Crippen molar-refractivity contribution in [3.63, 3.8) is 0 Å². The van der Waals surface area contributed by atoms with E-state index in [1.165, 1.54) is 17.0 Å². The highest BCUT2D eigenvalue weighted by Crippen LogP contribution is 2.26. The number of aromatic nitrogens is 2. The second-order valence-electron chi connectivity index (χ2n) is 11.8. The molecule has 1 aliphatic rings. The number of carboxylic acid groups (broad SMARTS) is 1. The van der Waals surface area contributed by atoms with Crippen LogP contribution in [0, 0.1) is 17.7 Å². The molecule has 0 saturated carbocycles. The van der Waals surface area contributed by atoms with Crippen molar-refractivity contribution in [1.29, 1.82) is 0 Å². The van der Waals surface area contributed by atoms with Gasteiger partial charge in [0.05, 0.1) is 23.0 Å². The fraction of sp³-hybridized carbons (Fsp3) is 0.643. The number of rotatable bonds is 10. The maximum absolute atomic E-state index is 14.2. The first-order valence-corrected chi connectivity index (χ1v) is 13.6. The number of benzene rings is 1. The predicted octanol–water partition coefficient (Wildman–Crippen LogP) is 3.98. The van der Waals surface area contributed by atoms with Gasteiger partial charge < -0.3 is 29.5 Å². The van der Waals surface area contributed by atoms with Gasteiger partial charge in [0.2, 0.25) is 5.91 Å². The number of nitrogens with zero attached hydrogens (tertiary/aromatic N) is 4. The predicted molar refractivity (Wildman–Crippen MR) is 146 cm³/mol. The maximum atomic E-state index is 14.2. The lowest BCUT2D eigenvalue weighted by Gasteiger charge is -2.42. The van der Waals surface area contributed by atoms with Gasteiger partial charge in [0.1, 0.15) is 5.82 Å². The molecule has 0 bridgehead atoms. The fourth-order valence-corrected chi connectivity index (χ4v) is 5.04. The number of nitrogens with one attached hydrogen (secondary N) is 1. The second kappa shape index (κ2) is 12.8. The molecule has 1 aromatic heterocycles. The summed E-state index contributed by atoms with van der Waals surface area (Å²) < 4.78 is 21.1. The average Bonchev–Trinajstić information content (AvgIpc) is 3.20. The summed E-state index contributed by atoms with van der Waals surface area (Å²) in [7, 11) is 1.63. The van der Waals surface area contributed by atoms with Crippen molar-refractivity contribution in [2.24, 2.45) is 11.8 Å². The van der Waals surface area contributed by atoms with Gasteiger partial charge in [-0.2, -0.15) is 0 Å². The summed E-state index contributed by atoms with van der Waals surface area (Å²) >= 11 is 0. The van der Waals surface area contributed by atoms with Crippen molar-refractivity contribution in [3.05, 3.63) is 29.8 Å². The van der Waals surface area contributed by atoms with E-state index in [1.807, 2.05) is 34.6 Å². The van der Waals surface area contributed by atoms with Gasteiger partial charge >= 0.3 is 6.09 Å². The minimum Gasteiger partial charge on any atom is -0.465 e. The summed E-state index contributed by atoms with van der Waals surface area (Å²) in [4.78, 5) is 46.8. The van der Waals surface area contributed by atoms with Crippen LogP contribution in [0.1, 0.15) is 64.5 Å². The third-order valence-corrected chi connectivity index (χ3v) is 6.71. The molecule has 2 atom stereocenters. The topological polar surface area (TPSA) is 117 Å². The number of likely N-dealkylation sites (tertiary alicyclic amines) is 1. The first-order valence-electron chi connectivity index (χ1n) is 13.6. The standard InChI is InChI=1S/C28H42FN5O5/c1-18(2)15-34(21-13-19(16-32(17-21)27(37)38)25(35)31-28(3,4)5)26(36)24-30-22-10-9-20(29)14-23(22)33(24)11-7-8-12-39-6/h9-10,14,18-19,21H,7-8,11-13,15-17H2,1-6H3,(H,31,35)(H,37,38)/t19-,21+/m1/s1. The highest BCUT2D eigenvalue weighted by Gasteiger charge is 2.40. The Morgan fingerprint density at radius 3 is 2.56 bits per heavy atom.